The van der Waals surface area contributed by atoms with Gasteiger partial charge in [-0.05, 0) is 54.4 Å². The van der Waals surface area contributed by atoms with E-state index in [0.29, 0.717) is 27.6 Å². The number of aryl methyl sites for hydroxylation is 2. The lowest BCUT2D eigenvalue weighted by molar-refractivity contribution is -0.118. The highest BCUT2D eigenvalue weighted by Crippen LogP contribution is 2.28. The number of hydrogen-bond donors (Lipinski definition) is 1. The van der Waals surface area contributed by atoms with Crippen LogP contribution in [0.1, 0.15) is 22.5 Å². The first kappa shape index (κ1) is 25.0. The fourth-order valence-corrected chi connectivity index (χ4v) is 4.48. The minimum Gasteiger partial charge on any atom is -0.488 e. The summed E-state index contributed by atoms with van der Waals surface area (Å²) in [6.45, 7) is 4.10. The van der Waals surface area contributed by atoms with Crippen LogP contribution in [0, 0.1) is 13.8 Å². The molecule has 1 aromatic heterocycles. The third-order valence-corrected chi connectivity index (χ3v) is 6.57. The lowest BCUT2D eigenvalue weighted by atomic mass is 10.0. The quantitative estimate of drug-likeness (QED) is 0.125. The van der Waals surface area contributed by atoms with E-state index in [2.05, 4.69) is 20.5 Å². The molecule has 0 atom stereocenters. The van der Waals surface area contributed by atoms with Crippen molar-refractivity contribution in [1.82, 2.24) is 15.4 Å². The number of hydrogen-bond acceptors (Lipinski definition) is 6. The van der Waals surface area contributed by atoms with Gasteiger partial charge in [-0.3, -0.25) is 4.79 Å². The summed E-state index contributed by atoms with van der Waals surface area (Å²) >= 11 is 13.4. The van der Waals surface area contributed by atoms with E-state index in [1.165, 1.54) is 11.8 Å². The fourth-order valence-electron chi connectivity index (χ4n) is 3.41. The molecule has 0 bridgehead atoms. The van der Waals surface area contributed by atoms with Crippen molar-refractivity contribution in [2.75, 3.05) is 5.75 Å². The molecule has 0 fully saturated rings. The van der Waals surface area contributed by atoms with E-state index in [1.807, 2.05) is 62.4 Å². The van der Waals surface area contributed by atoms with Crippen LogP contribution in [-0.2, 0) is 11.4 Å². The normalized spacial score (nSPS) is 11.2. The molecular weight excluding hydrogens is 503 g/mol. The molecule has 0 unspecified atom stereocenters. The van der Waals surface area contributed by atoms with Gasteiger partial charge in [0.1, 0.15) is 12.4 Å². The fraction of sp³-hybridized carbons (Fsp3) is 0.154. The summed E-state index contributed by atoms with van der Waals surface area (Å²) in [5, 5.41) is 7.70. The summed E-state index contributed by atoms with van der Waals surface area (Å²) in [6, 6.07) is 19.0. The maximum atomic E-state index is 12.3. The Balaban J connectivity index is 1.47. The average Bonchev–Trinajstić information content (AvgIpc) is 2.83. The average molecular weight is 525 g/mol. The third-order valence-electron chi connectivity index (χ3n) is 4.99. The van der Waals surface area contributed by atoms with Crippen molar-refractivity contribution in [3.8, 4) is 5.75 Å². The molecule has 4 aromatic rings. The lowest BCUT2D eigenvalue weighted by Gasteiger charge is -2.12. The first-order chi connectivity index (χ1) is 16.9. The second-order valence-corrected chi connectivity index (χ2v) is 9.51. The van der Waals surface area contributed by atoms with E-state index >= 15 is 0 Å². The van der Waals surface area contributed by atoms with Gasteiger partial charge in [0.25, 0.3) is 5.91 Å². The number of aromatic nitrogens is 2. The molecule has 0 aliphatic heterocycles. The van der Waals surface area contributed by atoms with Crippen LogP contribution in [0.5, 0.6) is 5.75 Å². The van der Waals surface area contributed by atoms with Crippen molar-refractivity contribution in [1.29, 1.82) is 0 Å². The molecule has 35 heavy (non-hydrogen) atoms. The number of hydrazone groups is 1. The molecule has 3 aromatic carbocycles. The Labute approximate surface area is 217 Å². The summed E-state index contributed by atoms with van der Waals surface area (Å²) in [4.78, 5) is 21.0. The molecule has 0 spiro atoms. The van der Waals surface area contributed by atoms with Crippen LogP contribution in [-0.4, -0.2) is 27.8 Å². The zero-order valence-electron chi connectivity index (χ0n) is 19.1. The number of amides is 1. The summed E-state index contributed by atoms with van der Waals surface area (Å²) in [5.74, 6) is 0.523. The molecule has 1 N–H and O–H groups in total. The van der Waals surface area contributed by atoms with Crippen molar-refractivity contribution in [2.45, 2.75) is 25.6 Å². The molecule has 0 aliphatic rings. The van der Waals surface area contributed by atoms with Gasteiger partial charge in [-0.1, -0.05) is 71.4 Å². The van der Waals surface area contributed by atoms with Crippen molar-refractivity contribution < 1.29 is 9.53 Å². The van der Waals surface area contributed by atoms with Gasteiger partial charge in [0, 0.05) is 17.0 Å². The van der Waals surface area contributed by atoms with Gasteiger partial charge in [-0.2, -0.15) is 5.10 Å². The predicted octanol–water partition coefficient (Wildman–Crippen LogP) is 6.37. The van der Waals surface area contributed by atoms with Crippen molar-refractivity contribution in [3.63, 3.8) is 0 Å². The Bertz CT molecular complexity index is 1390. The van der Waals surface area contributed by atoms with Gasteiger partial charge in [0.15, 0.2) is 5.16 Å². The zero-order valence-corrected chi connectivity index (χ0v) is 21.4. The number of ether oxygens (including phenoxy) is 1. The number of carbonyl (C=O) groups is 1. The SMILES string of the molecule is Cc1cc(C)nc(SCC(=O)NN=Cc2c(OCc3ccc(Cl)c(Cl)c3)ccc3ccccc23)n1. The Morgan fingerprint density at radius 2 is 1.80 bits per heavy atom. The van der Waals surface area contributed by atoms with Crippen LogP contribution >= 0.6 is 35.0 Å². The van der Waals surface area contributed by atoms with E-state index < -0.39 is 0 Å². The number of benzene rings is 3. The van der Waals surface area contributed by atoms with Crippen molar-refractivity contribution in [3.05, 3.63) is 93.2 Å². The van der Waals surface area contributed by atoms with E-state index in [-0.39, 0.29) is 11.7 Å². The summed E-state index contributed by atoms with van der Waals surface area (Å²) in [7, 11) is 0. The van der Waals surface area contributed by atoms with Crippen LogP contribution < -0.4 is 10.2 Å². The number of nitrogens with one attached hydrogen (secondary N) is 1. The number of halogens is 2. The van der Waals surface area contributed by atoms with Crippen LogP contribution in [0.15, 0.2) is 70.9 Å². The van der Waals surface area contributed by atoms with E-state index in [0.717, 1.165) is 33.3 Å². The molecule has 1 heterocycles. The van der Waals surface area contributed by atoms with E-state index in [1.54, 1.807) is 18.3 Å². The first-order valence-electron chi connectivity index (χ1n) is 10.7. The standard InChI is InChI=1S/C26H22Cl2N4O2S/c1-16-11-17(2)31-26(30-16)35-15-25(33)32-29-13-21-20-6-4-3-5-19(20)8-10-24(21)34-14-18-7-9-22(27)23(28)12-18/h3-13H,14-15H2,1-2H3,(H,32,33). The van der Waals surface area contributed by atoms with E-state index in [9.17, 15) is 4.79 Å². The maximum absolute atomic E-state index is 12.3. The van der Waals surface area contributed by atoms with Gasteiger partial charge in [0.05, 0.1) is 22.0 Å². The maximum Gasteiger partial charge on any atom is 0.250 e. The first-order valence-corrected chi connectivity index (χ1v) is 12.5. The third kappa shape index (κ3) is 6.72. The number of fused-ring (bicyclic) bond motifs is 1. The highest BCUT2D eigenvalue weighted by Gasteiger charge is 2.10. The van der Waals surface area contributed by atoms with Gasteiger partial charge < -0.3 is 4.74 Å². The minimum atomic E-state index is -0.257. The topological polar surface area (TPSA) is 76.5 Å². The van der Waals surface area contributed by atoms with Crippen LogP contribution in [0.25, 0.3) is 10.8 Å². The molecular formula is C26H22Cl2N4O2S. The highest BCUT2D eigenvalue weighted by molar-refractivity contribution is 7.99. The van der Waals surface area contributed by atoms with Crippen molar-refractivity contribution in [2.24, 2.45) is 5.10 Å². The molecule has 0 radical (unpaired) electrons. The Hall–Kier alpha value is -3.13. The molecule has 1 amide bonds. The largest absolute Gasteiger partial charge is 0.488 e. The minimum absolute atomic E-state index is 0.149. The number of rotatable bonds is 8. The van der Waals surface area contributed by atoms with Gasteiger partial charge in [-0.15, -0.1) is 0 Å². The molecule has 0 aliphatic carbocycles. The Morgan fingerprint density at radius 3 is 2.57 bits per heavy atom. The van der Waals surface area contributed by atoms with Crippen LogP contribution in [0.2, 0.25) is 10.0 Å². The molecule has 0 saturated heterocycles. The van der Waals surface area contributed by atoms with E-state index in [4.69, 9.17) is 27.9 Å². The summed E-state index contributed by atoms with van der Waals surface area (Å²) in [6.07, 6.45) is 1.60. The number of nitrogens with zero attached hydrogens (tertiary/aromatic N) is 3. The van der Waals surface area contributed by atoms with Crippen LogP contribution in [0.3, 0.4) is 0 Å². The molecule has 178 valence electrons. The smallest absolute Gasteiger partial charge is 0.250 e. The monoisotopic (exact) mass is 524 g/mol. The van der Waals surface area contributed by atoms with Gasteiger partial charge in [0.2, 0.25) is 0 Å². The molecule has 9 heteroatoms. The second kappa shape index (κ2) is 11.5. The number of carbonyl (C=O) groups excluding carboxylic acids is 1. The van der Waals surface area contributed by atoms with Gasteiger partial charge in [-0.25, -0.2) is 15.4 Å². The predicted molar refractivity (Wildman–Crippen MR) is 143 cm³/mol. The Kier molecular flexibility index (Phi) is 8.23. The molecule has 4 rings (SSSR count). The molecule has 6 nitrogen and oxygen atoms in total. The Morgan fingerprint density at radius 1 is 1.03 bits per heavy atom. The molecule has 0 saturated carbocycles. The van der Waals surface area contributed by atoms with Crippen LogP contribution in [0.4, 0.5) is 0 Å². The summed E-state index contributed by atoms with van der Waals surface area (Å²) in [5.41, 5.74) is 5.95. The highest BCUT2D eigenvalue weighted by atomic mass is 35.5. The number of thioether (sulfide) groups is 1. The van der Waals surface area contributed by atoms with Gasteiger partial charge >= 0.3 is 0 Å². The van der Waals surface area contributed by atoms with Crippen molar-refractivity contribution >= 4 is 57.9 Å². The summed E-state index contributed by atoms with van der Waals surface area (Å²) < 4.78 is 6.09. The zero-order chi connectivity index (χ0) is 24.8. The lowest BCUT2D eigenvalue weighted by Crippen LogP contribution is -2.20. The second-order valence-electron chi connectivity index (χ2n) is 7.75.